The van der Waals surface area contributed by atoms with Gasteiger partial charge in [0.2, 0.25) is 0 Å². The van der Waals surface area contributed by atoms with E-state index in [0.717, 1.165) is 44.9 Å². The number of nitrogens with one attached hydrogen (secondary N) is 2. The van der Waals surface area contributed by atoms with Crippen LogP contribution in [0.3, 0.4) is 0 Å². The largest absolute Gasteiger partial charge is 0.378 e. The predicted octanol–water partition coefficient (Wildman–Crippen LogP) is 4.58. The van der Waals surface area contributed by atoms with Gasteiger partial charge >= 0.3 is 6.03 Å². The minimum Gasteiger partial charge on any atom is -0.378 e. The van der Waals surface area contributed by atoms with Crippen molar-refractivity contribution in [2.45, 2.75) is 70.3 Å². The molecule has 1 aromatic rings. The number of nitrogens with zero attached hydrogens (tertiary/aromatic N) is 1. The van der Waals surface area contributed by atoms with Gasteiger partial charge in [-0.25, -0.2) is 4.79 Å². The number of hydrogen-bond acceptors (Lipinski definition) is 3. The van der Waals surface area contributed by atoms with Crippen LogP contribution in [0.1, 0.15) is 63.4 Å². The molecule has 2 amide bonds. The van der Waals surface area contributed by atoms with E-state index in [2.05, 4.69) is 22.8 Å². The Bertz CT molecular complexity index is 564. The van der Waals surface area contributed by atoms with E-state index in [9.17, 15) is 4.79 Å². The molecule has 0 spiro atoms. The minimum absolute atomic E-state index is 0.00435. The number of rotatable bonds is 9. The highest BCUT2D eigenvalue weighted by Gasteiger charge is 2.16. The van der Waals surface area contributed by atoms with Gasteiger partial charge in [0.25, 0.3) is 0 Å². The highest BCUT2D eigenvalue weighted by molar-refractivity contribution is 5.89. The molecule has 1 aliphatic heterocycles. The number of hydrogen-bond donors (Lipinski definition) is 2. The van der Waals surface area contributed by atoms with Crippen LogP contribution in [-0.2, 0) is 11.2 Å². The topological polar surface area (TPSA) is 53.6 Å². The second-order valence-corrected chi connectivity index (χ2v) is 8.16. The van der Waals surface area contributed by atoms with Crippen molar-refractivity contribution in [1.29, 1.82) is 0 Å². The highest BCUT2D eigenvalue weighted by atomic mass is 16.5. The van der Waals surface area contributed by atoms with Crippen molar-refractivity contribution in [2.24, 2.45) is 0 Å². The first-order valence-corrected chi connectivity index (χ1v) is 11.3. The summed E-state index contributed by atoms with van der Waals surface area (Å²) in [4.78, 5) is 14.1. The molecule has 5 heteroatoms. The Morgan fingerprint density at radius 3 is 2.46 bits per heavy atom. The molecular formula is C23H37N3O2. The molecule has 1 saturated carbocycles. The minimum atomic E-state index is 0.00435. The van der Waals surface area contributed by atoms with E-state index >= 15 is 0 Å². The molecule has 28 heavy (non-hydrogen) atoms. The summed E-state index contributed by atoms with van der Waals surface area (Å²) in [6, 6.07) is 8.32. The molecule has 3 rings (SSSR count). The molecule has 1 saturated heterocycles. The van der Waals surface area contributed by atoms with E-state index in [1.54, 1.807) is 0 Å². The summed E-state index contributed by atoms with van der Waals surface area (Å²) in [6.07, 6.45) is 13.2. The summed E-state index contributed by atoms with van der Waals surface area (Å²) in [5.41, 5.74) is 2.23. The van der Waals surface area contributed by atoms with Crippen LogP contribution >= 0.6 is 0 Å². The normalized spacial score (nSPS) is 18.2. The number of benzene rings is 1. The van der Waals surface area contributed by atoms with E-state index in [0.29, 0.717) is 6.10 Å². The quantitative estimate of drug-likeness (QED) is 0.610. The van der Waals surface area contributed by atoms with E-state index in [1.807, 2.05) is 17.0 Å². The number of amides is 2. The molecule has 1 heterocycles. The lowest BCUT2D eigenvalue weighted by Gasteiger charge is -2.27. The van der Waals surface area contributed by atoms with Crippen LogP contribution in [0.4, 0.5) is 10.5 Å². The van der Waals surface area contributed by atoms with E-state index < -0.39 is 0 Å². The lowest BCUT2D eigenvalue weighted by molar-refractivity contribution is 0.0263. The van der Waals surface area contributed by atoms with Crippen molar-refractivity contribution in [3.05, 3.63) is 29.8 Å². The van der Waals surface area contributed by atoms with Crippen LogP contribution in [0.2, 0.25) is 0 Å². The summed E-state index contributed by atoms with van der Waals surface area (Å²) in [7, 11) is 0. The molecule has 2 fully saturated rings. The first-order valence-electron chi connectivity index (χ1n) is 11.3. The number of anilines is 1. The molecule has 5 nitrogen and oxygen atoms in total. The van der Waals surface area contributed by atoms with Gasteiger partial charge in [0.15, 0.2) is 0 Å². The molecule has 0 aromatic heterocycles. The number of ether oxygens (including phenoxy) is 1. The van der Waals surface area contributed by atoms with Crippen LogP contribution in [0.25, 0.3) is 0 Å². The van der Waals surface area contributed by atoms with Gasteiger partial charge in [-0.1, -0.05) is 44.2 Å². The summed E-state index contributed by atoms with van der Waals surface area (Å²) < 4.78 is 5.99. The van der Waals surface area contributed by atoms with Crippen LogP contribution < -0.4 is 10.6 Å². The summed E-state index contributed by atoms with van der Waals surface area (Å²) in [6.45, 7) is 4.23. The highest BCUT2D eigenvalue weighted by Crippen LogP contribution is 2.20. The fraction of sp³-hybridized carbons (Fsp3) is 0.696. The van der Waals surface area contributed by atoms with Crippen molar-refractivity contribution in [1.82, 2.24) is 10.2 Å². The Balaban J connectivity index is 1.24. The second kappa shape index (κ2) is 12.1. The monoisotopic (exact) mass is 387 g/mol. The molecule has 0 atom stereocenters. The number of urea groups is 1. The van der Waals surface area contributed by atoms with Crippen molar-refractivity contribution < 1.29 is 9.53 Å². The fourth-order valence-electron chi connectivity index (χ4n) is 4.09. The standard InChI is InChI=1S/C23H37N3O2/c27-23(26-17-15-24-16-18-26)25-21-13-11-20(12-14-21)8-4-1-2-7-19-28-22-9-5-3-6-10-22/h11-14,22,24H,1-10,15-19H2,(H,25,27). The molecular weight excluding hydrogens is 350 g/mol. The average molecular weight is 388 g/mol. The number of aryl methyl sites for hydroxylation is 1. The molecule has 0 radical (unpaired) electrons. The molecule has 156 valence electrons. The predicted molar refractivity (Wildman–Crippen MR) is 115 cm³/mol. The van der Waals surface area contributed by atoms with Gasteiger partial charge in [-0.15, -0.1) is 0 Å². The Labute approximate surface area is 170 Å². The molecule has 0 unspecified atom stereocenters. The van der Waals surface area contributed by atoms with Crippen molar-refractivity contribution >= 4 is 11.7 Å². The maximum Gasteiger partial charge on any atom is 0.321 e. The van der Waals surface area contributed by atoms with Gasteiger partial charge in [0.1, 0.15) is 0 Å². The summed E-state index contributed by atoms with van der Waals surface area (Å²) in [5.74, 6) is 0. The van der Waals surface area contributed by atoms with Crippen molar-refractivity contribution in [2.75, 3.05) is 38.1 Å². The average Bonchev–Trinajstić information content (AvgIpc) is 2.75. The molecule has 0 bridgehead atoms. The number of carbonyl (C=O) groups excluding carboxylic acids is 1. The Kier molecular flexibility index (Phi) is 9.11. The Morgan fingerprint density at radius 2 is 1.71 bits per heavy atom. The van der Waals surface area contributed by atoms with Crippen LogP contribution in [-0.4, -0.2) is 49.8 Å². The maximum absolute atomic E-state index is 12.2. The molecule has 2 aliphatic rings. The van der Waals surface area contributed by atoms with Gasteiger partial charge in [0.05, 0.1) is 6.10 Å². The third kappa shape index (κ3) is 7.44. The van der Waals surface area contributed by atoms with Crippen LogP contribution in [0, 0.1) is 0 Å². The summed E-state index contributed by atoms with van der Waals surface area (Å²) in [5, 5.41) is 6.26. The first kappa shape index (κ1) is 21.1. The number of carbonyl (C=O) groups is 1. The third-order valence-corrected chi connectivity index (χ3v) is 5.87. The van der Waals surface area contributed by atoms with Crippen LogP contribution in [0.15, 0.2) is 24.3 Å². The lowest BCUT2D eigenvalue weighted by atomic mass is 9.98. The lowest BCUT2D eigenvalue weighted by Crippen LogP contribution is -2.48. The van der Waals surface area contributed by atoms with Gasteiger partial charge in [-0.2, -0.15) is 0 Å². The Hall–Kier alpha value is -1.59. The van der Waals surface area contributed by atoms with E-state index in [-0.39, 0.29) is 6.03 Å². The van der Waals surface area contributed by atoms with Gasteiger partial charge < -0.3 is 20.3 Å². The SMILES string of the molecule is O=C(Nc1ccc(CCCCCCOC2CCCCC2)cc1)N1CCNCC1. The maximum atomic E-state index is 12.2. The van der Waals surface area contributed by atoms with Gasteiger partial charge in [0, 0.05) is 38.5 Å². The van der Waals surface area contributed by atoms with Crippen molar-refractivity contribution in [3.8, 4) is 0 Å². The van der Waals surface area contributed by atoms with Crippen LogP contribution in [0.5, 0.6) is 0 Å². The summed E-state index contributed by atoms with van der Waals surface area (Å²) >= 11 is 0. The zero-order chi connectivity index (χ0) is 19.4. The fourth-order valence-corrected chi connectivity index (χ4v) is 4.09. The molecule has 1 aromatic carbocycles. The zero-order valence-corrected chi connectivity index (χ0v) is 17.3. The first-order chi connectivity index (χ1) is 13.8. The molecule has 2 N–H and O–H groups in total. The molecule has 1 aliphatic carbocycles. The number of unbranched alkanes of at least 4 members (excludes halogenated alkanes) is 3. The van der Waals surface area contributed by atoms with Gasteiger partial charge in [-0.3, -0.25) is 0 Å². The van der Waals surface area contributed by atoms with Crippen molar-refractivity contribution in [3.63, 3.8) is 0 Å². The Morgan fingerprint density at radius 1 is 1.00 bits per heavy atom. The zero-order valence-electron chi connectivity index (χ0n) is 17.3. The number of piperazine rings is 1. The van der Waals surface area contributed by atoms with E-state index in [1.165, 1.54) is 63.4 Å². The third-order valence-electron chi connectivity index (χ3n) is 5.87. The van der Waals surface area contributed by atoms with E-state index in [4.69, 9.17) is 4.74 Å². The smallest absolute Gasteiger partial charge is 0.321 e. The van der Waals surface area contributed by atoms with Gasteiger partial charge in [-0.05, 0) is 49.8 Å². The second-order valence-electron chi connectivity index (χ2n) is 8.16.